The molecule has 1 aromatic rings. The van der Waals surface area contributed by atoms with Crippen LogP contribution in [0.25, 0.3) is 0 Å². The first-order valence-corrected chi connectivity index (χ1v) is 4.86. The molecule has 0 unspecified atom stereocenters. The summed E-state index contributed by atoms with van der Waals surface area (Å²) in [7, 11) is 1.62. The molecule has 15 heavy (non-hydrogen) atoms. The van der Waals surface area contributed by atoms with Crippen LogP contribution in [0, 0.1) is 0 Å². The van der Waals surface area contributed by atoms with Crippen LogP contribution in [-0.4, -0.2) is 29.5 Å². The number of nitrogens with zero attached hydrogens (tertiary/aromatic N) is 1. The monoisotopic (exact) mass is 231 g/mol. The predicted molar refractivity (Wildman–Crippen MR) is 59.4 cm³/mol. The molecule has 1 rings (SSSR count). The summed E-state index contributed by atoms with van der Waals surface area (Å²) in [6.07, 6.45) is 1.47. The fourth-order valence-electron chi connectivity index (χ4n) is 0.887. The van der Waals surface area contributed by atoms with Gasteiger partial charge in [-0.05, 0) is 13.8 Å². The van der Waals surface area contributed by atoms with Gasteiger partial charge in [0.15, 0.2) is 0 Å². The molecule has 0 aliphatic heterocycles. The first-order valence-electron chi connectivity index (χ1n) is 4.48. The molecular weight excluding hydrogens is 218 g/mol. The van der Waals surface area contributed by atoms with Crippen molar-refractivity contribution in [3.05, 3.63) is 21.6 Å². The van der Waals surface area contributed by atoms with Crippen LogP contribution in [0.3, 0.4) is 0 Å². The minimum absolute atomic E-state index is 0.108. The van der Waals surface area contributed by atoms with E-state index in [2.05, 4.69) is 15.5 Å². The minimum atomic E-state index is -0.406. The molecule has 0 saturated carbocycles. The molecule has 1 aromatic heterocycles. The molecular formula is C9H14ClN3O2. The third-order valence-electron chi connectivity index (χ3n) is 2.05. The van der Waals surface area contributed by atoms with Gasteiger partial charge in [0.1, 0.15) is 5.02 Å². The third kappa shape index (κ3) is 3.21. The topological polar surface area (TPSA) is 67.0 Å². The number of rotatable bonds is 4. The molecule has 1 heterocycles. The normalized spacial score (nSPS) is 11.5. The van der Waals surface area contributed by atoms with Gasteiger partial charge in [-0.3, -0.25) is 4.79 Å². The molecule has 0 bridgehead atoms. The molecule has 6 heteroatoms. The summed E-state index contributed by atoms with van der Waals surface area (Å²) in [5, 5.41) is 9.00. The van der Waals surface area contributed by atoms with Gasteiger partial charge in [-0.15, -0.1) is 0 Å². The van der Waals surface area contributed by atoms with Crippen molar-refractivity contribution in [1.29, 1.82) is 0 Å². The Morgan fingerprint density at radius 2 is 2.33 bits per heavy atom. The van der Waals surface area contributed by atoms with Crippen LogP contribution in [0.4, 0.5) is 5.69 Å². The van der Waals surface area contributed by atoms with Crippen molar-refractivity contribution in [2.45, 2.75) is 19.4 Å². The van der Waals surface area contributed by atoms with E-state index < -0.39 is 5.56 Å². The van der Waals surface area contributed by atoms with Crippen molar-refractivity contribution in [3.8, 4) is 0 Å². The summed E-state index contributed by atoms with van der Waals surface area (Å²) in [6.45, 7) is 4.39. The zero-order valence-corrected chi connectivity index (χ0v) is 9.68. The quantitative estimate of drug-likeness (QED) is 0.819. The Hall–Kier alpha value is -1.07. The van der Waals surface area contributed by atoms with Gasteiger partial charge in [-0.25, -0.2) is 5.10 Å². The maximum absolute atomic E-state index is 11.1. The van der Waals surface area contributed by atoms with Gasteiger partial charge in [0.05, 0.1) is 17.5 Å². The average Bonchev–Trinajstić information content (AvgIpc) is 2.20. The van der Waals surface area contributed by atoms with Crippen molar-refractivity contribution in [2.24, 2.45) is 0 Å². The summed E-state index contributed by atoms with van der Waals surface area (Å²) in [6, 6.07) is 0. The molecule has 0 radical (unpaired) electrons. The zero-order valence-electron chi connectivity index (χ0n) is 8.93. The minimum Gasteiger partial charge on any atom is -0.379 e. The number of anilines is 1. The second-order valence-corrected chi connectivity index (χ2v) is 4.12. The Morgan fingerprint density at radius 1 is 1.67 bits per heavy atom. The number of methoxy groups -OCH3 is 1. The molecule has 0 amide bonds. The van der Waals surface area contributed by atoms with Gasteiger partial charge in [-0.1, -0.05) is 11.6 Å². The Kier molecular flexibility index (Phi) is 3.71. The number of hydrogen-bond acceptors (Lipinski definition) is 4. The van der Waals surface area contributed by atoms with E-state index in [0.29, 0.717) is 12.2 Å². The first-order chi connectivity index (χ1) is 6.96. The predicted octanol–water partition coefficient (Wildman–Crippen LogP) is 1.26. The second-order valence-electron chi connectivity index (χ2n) is 3.74. The maximum atomic E-state index is 11.1. The Morgan fingerprint density at radius 3 is 2.93 bits per heavy atom. The van der Waals surface area contributed by atoms with E-state index in [1.54, 1.807) is 7.11 Å². The second kappa shape index (κ2) is 4.63. The summed E-state index contributed by atoms with van der Waals surface area (Å²) in [5.74, 6) is 0. The fourth-order valence-corrected chi connectivity index (χ4v) is 1.04. The van der Waals surface area contributed by atoms with Crippen LogP contribution >= 0.6 is 11.6 Å². The Balaban J connectivity index is 2.74. The molecule has 0 spiro atoms. The number of ether oxygens (including phenoxy) is 1. The van der Waals surface area contributed by atoms with Crippen LogP contribution in [0.2, 0.25) is 5.02 Å². The van der Waals surface area contributed by atoms with Crippen LogP contribution in [0.1, 0.15) is 13.8 Å². The van der Waals surface area contributed by atoms with Crippen LogP contribution in [0.15, 0.2) is 11.0 Å². The van der Waals surface area contributed by atoms with E-state index in [1.807, 2.05) is 13.8 Å². The largest absolute Gasteiger partial charge is 0.379 e. The highest BCUT2D eigenvalue weighted by atomic mass is 35.5. The summed E-state index contributed by atoms with van der Waals surface area (Å²) < 4.78 is 5.22. The van der Waals surface area contributed by atoms with Crippen molar-refractivity contribution in [3.63, 3.8) is 0 Å². The fraction of sp³-hybridized carbons (Fsp3) is 0.556. The summed E-state index contributed by atoms with van der Waals surface area (Å²) in [5.41, 5.74) is -0.228. The molecule has 0 aliphatic carbocycles. The third-order valence-corrected chi connectivity index (χ3v) is 2.43. The lowest BCUT2D eigenvalue weighted by molar-refractivity contribution is 0.0344. The van der Waals surface area contributed by atoms with Crippen molar-refractivity contribution >= 4 is 17.3 Å². The molecule has 0 fully saturated rings. The molecule has 2 N–H and O–H groups in total. The van der Waals surface area contributed by atoms with Gasteiger partial charge in [0.2, 0.25) is 0 Å². The van der Waals surface area contributed by atoms with E-state index in [-0.39, 0.29) is 10.6 Å². The van der Waals surface area contributed by atoms with E-state index in [1.165, 1.54) is 6.20 Å². The molecule has 0 aliphatic rings. The van der Waals surface area contributed by atoms with Crippen LogP contribution < -0.4 is 10.9 Å². The molecule has 0 aromatic carbocycles. The number of nitrogens with one attached hydrogen (secondary N) is 2. The number of halogens is 1. The van der Waals surface area contributed by atoms with Crippen LogP contribution in [0.5, 0.6) is 0 Å². The number of H-pyrrole nitrogens is 1. The molecule has 5 nitrogen and oxygen atoms in total. The van der Waals surface area contributed by atoms with Crippen molar-refractivity contribution < 1.29 is 4.74 Å². The highest BCUT2D eigenvalue weighted by Crippen LogP contribution is 2.16. The van der Waals surface area contributed by atoms with E-state index in [0.717, 1.165) is 0 Å². The van der Waals surface area contributed by atoms with Crippen molar-refractivity contribution in [1.82, 2.24) is 10.2 Å². The highest BCUT2D eigenvalue weighted by molar-refractivity contribution is 6.32. The van der Waals surface area contributed by atoms with E-state index >= 15 is 0 Å². The van der Waals surface area contributed by atoms with Gasteiger partial charge in [0.25, 0.3) is 5.56 Å². The average molecular weight is 232 g/mol. The van der Waals surface area contributed by atoms with Gasteiger partial charge in [-0.2, -0.15) is 5.10 Å². The molecule has 0 atom stereocenters. The van der Waals surface area contributed by atoms with Gasteiger partial charge < -0.3 is 10.1 Å². The lowest BCUT2D eigenvalue weighted by Crippen LogP contribution is -2.32. The van der Waals surface area contributed by atoms with Crippen molar-refractivity contribution in [2.75, 3.05) is 19.0 Å². The van der Waals surface area contributed by atoms with Crippen LogP contribution in [-0.2, 0) is 4.74 Å². The van der Waals surface area contributed by atoms with Gasteiger partial charge >= 0.3 is 0 Å². The Labute approximate surface area is 92.8 Å². The highest BCUT2D eigenvalue weighted by Gasteiger charge is 2.16. The SMILES string of the molecule is COC(C)(C)CNc1cn[nH]c(=O)c1Cl. The standard InChI is InChI=1S/C9H14ClN3O2/c1-9(2,15-3)5-11-6-4-12-13-8(14)7(6)10/h4H,5H2,1-3H3,(H2,11,13,14). The smallest absolute Gasteiger partial charge is 0.285 e. The van der Waals surface area contributed by atoms with E-state index in [4.69, 9.17) is 16.3 Å². The maximum Gasteiger partial charge on any atom is 0.285 e. The Bertz CT molecular complexity index is 389. The van der Waals surface area contributed by atoms with E-state index in [9.17, 15) is 4.79 Å². The first kappa shape index (κ1) is 12.0. The zero-order chi connectivity index (χ0) is 11.5. The lowest BCUT2D eigenvalue weighted by atomic mass is 10.1. The molecule has 0 saturated heterocycles. The summed E-state index contributed by atoms with van der Waals surface area (Å²) >= 11 is 5.78. The number of aromatic amines is 1. The number of aromatic nitrogens is 2. The lowest BCUT2D eigenvalue weighted by Gasteiger charge is -2.23. The summed E-state index contributed by atoms with van der Waals surface area (Å²) in [4.78, 5) is 11.1. The van der Waals surface area contributed by atoms with Gasteiger partial charge in [0, 0.05) is 13.7 Å². The molecule has 84 valence electrons. The number of hydrogen-bond donors (Lipinski definition) is 2.